The number of aliphatic imine (C=N–C) groups is 1. The van der Waals surface area contributed by atoms with Crippen LogP contribution in [0.15, 0.2) is 4.99 Å². The predicted molar refractivity (Wildman–Crippen MR) is 57.8 cm³/mol. The van der Waals surface area contributed by atoms with Gasteiger partial charge in [-0.25, -0.2) is 4.79 Å². The van der Waals surface area contributed by atoms with Crippen molar-refractivity contribution in [3.05, 3.63) is 0 Å². The first-order chi connectivity index (χ1) is 5.85. The molecule has 0 aliphatic rings. The number of carbonyl (C=O) groups excluding carboxylic acids is 1. The summed E-state index contributed by atoms with van der Waals surface area (Å²) in [6.07, 6.45) is 0.255. The summed E-state index contributed by atoms with van der Waals surface area (Å²) in [7, 11) is 0. The maximum absolute atomic E-state index is 11.1. The molecule has 0 aliphatic heterocycles. The lowest BCUT2D eigenvalue weighted by atomic mass is 10.2. The van der Waals surface area contributed by atoms with E-state index in [0.29, 0.717) is 0 Å². The molecule has 0 rings (SSSR count). The molecule has 0 saturated heterocycles. The molecule has 0 heterocycles. The topological polar surface area (TPSA) is 38.7 Å². The van der Waals surface area contributed by atoms with Crippen LogP contribution in [-0.4, -0.2) is 22.7 Å². The molecule has 0 spiro atoms. The van der Waals surface area contributed by atoms with Crippen molar-refractivity contribution in [2.45, 2.75) is 39.7 Å². The summed E-state index contributed by atoms with van der Waals surface area (Å²) in [6, 6.07) is 0. The molecule has 0 radical (unpaired) electrons. The van der Waals surface area contributed by atoms with Gasteiger partial charge in [-0.15, -0.1) is 0 Å². The van der Waals surface area contributed by atoms with E-state index in [4.69, 9.17) is 4.74 Å². The fourth-order valence-corrected chi connectivity index (χ4v) is 1.21. The van der Waals surface area contributed by atoms with E-state index in [1.807, 2.05) is 27.7 Å². The Morgan fingerprint density at radius 1 is 1.46 bits per heavy atom. The second-order valence-electron chi connectivity index (χ2n) is 3.77. The molecule has 3 nitrogen and oxygen atoms in total. The summed E-state index contributed by atoms with van der Waals surface area (Å²) in [6.45, 7) is 7.27. The largest absolute Gasteiger partial charge is 0.442 e. The number of hydrogen-bond acceptors (Lipinski definition) is 2. The Hall–Kier alpha value is -0.380. The molecular weight excluding hydrogens is 234 g/mol. The summed E-state index contributed by atoms with van der Waals surface area (Å²) >= 11 is 3.27. The maximum Gasteiger partial charge on any atom is 0.434 e. The number of amides is 1. The van der Waals surface area contributed by atoms with Gasteiger partial charge in [0.25, 0.3) is 0 Å². The Morgan fingerprint density at radius 2 is 2.00 bits per heavy atom. The highest BCUT2D eigenvalue weighted by molar-refractivity contribution is 9.09. The van der Waals surface area contributed by atoms with Gasteiger partial charge in [-0.2, -0.15) is 4.99 Å². The monoisotopic (exact) mass is 249 g/mol. The van der Waals surface area contributed by atoms with Crippen molar-refractivity contribution in [1.82, 2.24) is 0 Å². The van der Waals surface area contributed by atoms with Crippen LogP contribution in [0.1, 0.15) is 34.1 Å². The van der Waals surface area contributed by atoms with Gasteiger partial charge in [0, 0.05) is 11.0 Å². The first-order valence-electron chi connectivity index (χ1n) is 4.18. The number of alkyl halides is 1. The minimum absolute atomic E-state index is 0.463. The Kier molecular flexibility index (Phi) is 5.21. The van der Waals surface area contributed by atoms with Crippen LogP contribution in [0.2, 0.25) is 0 Å². The van der Waals surface area contributed by atoms with Crippen LogP contribution in [0, 0.1) is 0 Å². The molecular formula is C9H16BrNO2. The summed E-state index contributed by atoms with van der Waals surface area (Å²) < 4.78 is 5.01. The fourth-order valence-electron chi connectivity index (χ4n) is 0.633. The van der Waals surface area contributed by atoms with Crippen LogP contribution in [0.25, 0.3) is 0 Å². The predicted octanol–water partition coefficient (Wildman–Crippen LogP) is 3.17. The van der Waals surface area contributed by atoms with E-state index in [2.05, 4.69) is 20.9 Å². The second kappa shape index (κ2) is 5.37. The molecule has 0 aliphatic carbocycles. The molecule has 0 bridgehead atoms. The Balaban J connectivity index is 4.07. The third kappa shape index (κ3) is 7.96. The first kappa shape index (κ1) is 12.6. The average molecular weight is 250 g/mol. The highest BCUT2D eigenvalue weighted by Gasteiger charge is 2.15. The van der Waals surface area contributed by atoms with Crippen LogP contribution in [0.3, 0.4) is 0 Å². The zero-order valence-electron chi connectivity index (χ0n) is 8.56. The quantitative estimate of drug-likeness (QED) is 0.557. The Labute approximate surface area is 87.7 Å². The second-order valence-corrected chi connectivity index (χ2v) is 4.56. The minimum Gasteiger partial charge on any atom is -0.442 e. The third-order valence-electron chi connectivity index (χ3n) is 1.13. The fraction of sp³-hybridized carbons (Fsp3) is 0.778. The van der Waals surface area contributed by atoms with Crippen LogP contribution >= 0.6 is 15.9 Å². The van der Waals surface area contributed by atoms with Crippen molar-refractivity contribution >= 4 is 27.7 Å². The number of hydrogen-bond donors (Lipinski definition) is 0. The summed E-state index contributed by atoms with van der Waals surface area (Å²) in [5, 5.41) is 0.811. The smallest absolute Gasteiger partial charge is 0.434 e. The van der Waals surface area contributed by atoms with Crippen LogP contribution < -0.4 is 0 Å². The van der Waals surface area contributed by atoms with E-state index in [0.717, 1.165) is 17.5 Å². The number of rotatable bonds is 2. The van der Waals surface area contributed by atoms with Gasteiger partial charge in [0.05, 0.1) is 0 Å². The van der Waals surface area contributed by atoms with Gasteiger partial charge in [0.15, 0.2) is 0 Å². The molecule has 0 unspecified atom stereocenters. The van der Waals surface area contributed by atoms with Crippen molar-refractivity contribution in [2.24, 2.45) is 4.99 Å². The highest BCUT2D eigenvalue weighted by atomic mass is 79.9. The number of carbonyl (C=O) groups is 1. The molecule has 1 amide bonds. The molecule has 0 N–H and O–H groups in total. The summed E-state index contributed by atoms with van der Waals surface area (Å²) in [5.74, 6) is 0. The van der Waals surface area contributed by atoms with E-state index < -0.39 is 11.7 Å². The van der Waals surface area contributed by atoms with Gasteiger partial charge in [0.1, 0.15) is 5.60 Å². The zero-order valence-corrected chi connectivity index (χ0v) is 10.1. The van der Waals surface area contributed by atoms with Crippen molar-refractivity contribution in [2.75, 3.05) is 5.33 Å². The molecule has 0 saturated carbocycles. The van der Waals surface area contributed by atoms with Crippen molar-refractivity contribution in [1.29, 1.82) is 0 Å². The van der Waals surface area contributed by atoms with Gasteiger partial charge in [-0.3, -0.25) is 0 Å². The van der Waals surface area contributed by atoms with Crippen molar-refractivity contribution in [3.63, 3.8) is 0 Å². The molecule has 0 atom stereocenters. The van der Waals surface area contributed by atoms with E-state index in [1.54, 1.807) is 0 Å². The van der Waals surface area contributed by atoms with E-state index >= 15 is 0 Å². The van der Waals surface area contributed by atoms with Crippen LogP contribution in [0.5, 0.6) is 0 Å². The van der Waals surface area contributed by atoms with Gasteiger partial charge in [0.2, 0.25) is 0 Å². The van der Waals surface area contributed by atoms with Crippen LogP contribution in [-0.2, 0) is 4.74 Å². The molecule has 13 heavy (non-hydrogen) atoms. The van der Waals surface area contributed by atoms with Crippen molar-refractivity contribution in [3.8, 4) is 0 Å². The highest BCUT2D eigenvalue weighted by Crippen LogP contribution is 2.08. The van der Waals surface area contributed by atoms with Gasteiger partial charge in [-0.05, 0) is 34.1 Å². The van der Waals surface area contributed by atoms with Crippen molar-refractivity contribution < 1.29 is 9.53 Å². The normalized spacial score (nSPS) is 12.8. The standard InChI is InChI=1S/C9H16BrNO2/c1-7(5-6-10)11-8(12)13-9(2,3)4/h5-6H2,1-4H3. The number of halogens is 1. The Bertz CT molecular complexity index is 206. The SMILES string of the molecule is CC(CCBr)=NC(=O)OC(C)(C)C. The molecule has 0 aromatic rings. The van der Waals surface area contributed by atoms with Crippen LogP contribution in [0.4, 0.5) is 4.79 Å². The van der Waals surface area contributed by atoms with Gasteiger partial charge in [-0.1, -0.05) is 15.9 Å². The minimum atomic E-state index is -0.508. The van der Waals surface area contributed by atoms with E-state index in [-0.39, 0.29) is 0 Å². The molecule has 4 heteroatoms. The summed E-state index contributed by atoms with van der Waals surface area (Å²) in [4.78, 5) is 14.9. The van der Waals surface area contributed by atoms with Gasteiger partial charge >= 0.3 is 6.09 Å². The number of nitrogens with zero attached hydrogens (tertiary/aromatic N) is 1. The maximum atomic E-state index is 11.1. The molecule has 76 valence electrons. The zero-order chi connectivity index (χ0) is 10.5. The first-order valence-corrected chi connectivity index (χ1v) is 5.30. The van der Waals surface area contributed by atoms with E-state index in [9.17, 15) is 4.79 Å². The molecule has 0 aromatic carbocycles. The molecule has 0 fully saturated rings. The van der Waals surface area contributed by atoms with E-state index in [1.165, 1.54) is 0 Å². The van der Waals surface area contributed by atoms with Gasteiger partial charge < -0.3 is 4.74 Å². The molecule has 0 aromatic heterocycles. The lowest BCUT2D eigenvalue weighted by Crippen LogP contribution is -2.22. The Morgan fingerprint density at radius 3 is 2.38 bits per heavy atom. The lowest BCUT2D eigenvalue weighted by molar-refractivity contribution is 0.0604. The lowest BCUT2D eigenvalue weighted by Gasteiger charge is -2.17. The average Bonchev–Trinajstić information content (AvgIpc) is 1.81. The third-order valence-corrected chi connectivity index (χ3v) is 1.53. The number of ether oxygens (including phenoxy) is 1. The summed E-state index contributed by atoms with van der Waals surface area (Å²) in [5.41, 5.74) is 0.320.